The topological polar surface area (TPSA) is 45.2 Å². The van der Waals surface area contributed by atoms with Crippen LogP contribution in [-0.2, 0) is 0 Å². The van der Waals surface area contributed by atoms with E-state index in [4.69, 9.17) is 0 Å². The summed E-state index contributed by atoms with van der Waals surface area (Å²) in [7, 11) is 0. The normalized spacial score (nSPS) is 14.0. The number of nitrogens with one attached hydrogen (secondary N) is 1. The first-order chi connectivity index (χ1) is 9.20. The van der Waals surface area contributed by atoms with Crippen molar-refractivity contribution in [1.82, 2.24) is 10.3 Å². The van der Waals surface area contributed by atoms with E-state index in [0.717, 1.165) is 6.42 Å². The van der Waals surface area contributed by atoms with Crippen LogP contribution in [-0.4, -0.2) is 10.1 Å². The Hall–Kier alpha value is -1.87. The molecule has 0 saturated carbocycles. The molecule has 0 saturated heterocycles. The van der Waals surface area contributed by atoms with Gasteiger partial charge in [-0.25, -0.2) is 0 Å². The molecule has 1 aromatic heterocycles. The van der Waals surface area contributed by atoms with Crippen LogP contribution in [0.3, 0.4) is 0 Å². The minimum Gasteiger partial charge on any atom is -0.508 e. The van der Waals surface area contributed by atoms with E-state index in [-0.39, 0.29) is 12.1 Å². The number of aromatic nitrogens is 1. The number of hydrogen-bond acceptors (Lipinski definition) is 3. The predicted molar refractivity (Wildman–Crippen MR) is 76.9 cm³/mol. The lowest BCUT2D eigenvalue weighted by atomic mass is 10.0. The van der Waals surface area contributed by atoms with Crippen LogP contribution in [0.25, 0.3) is 0 Å². The number of pyridine rings is 1. The lowest BCUT2D eigenvalue weighted by molar-refractivity contribution is 0.453. The van der Waals surface area contributed by atoms with Crippen molar-refractivity contribution in [2.45, 2.75) is 32.4 Å². The Morgan fingerprint density at radius 1 is 1.05 bits per heavy atom. The van der Waals surface area contributed by atoms with Gasteiger partial charge in [0.05, 0.1) is 0 Å². The summed E-state index contributed by atoms with van der Waals surface area (Å²) in [6.45, 7) is 4.31. The van der Waals surface area contributed by atoms with E-state index in [9.17, 15) is 5.11 Å². The summed E-state index contributed by atoms with van der Waals surface area (Å²) in [6, 6.07) is 12.0. The van der Waals surface area contributed by atoms with Crippen molar-refractivity contribution in [2.75, 3.05) is 0 Å². The zero-order valence-corrected chi connectivity index (χ0v) is 11.4. The number of phenolic OH excluding ortho intramolecular Hbond substituents is 1. The van der Waals surface area contributed by atoms with Gasteiger partial charge < -0.3 is 10.4 Å². The lowest BCUT2D eigenvalue weighted by Crippen LogP contribution is -2.24. The molecular formula is C16H20N2O. The lowest BCUT2D eigenvalue weighted by Gasteiger charge is -2.23. The molecule has 0 aliphatic carbocycles. The molecule has 19 heavy (non-hydrogen) atoms. The molecule has 0 bridgehead atoms. The van der Waals surface area contributed by atoms with Gasteiger partial charge in [0.2, 0.25) is 0 Å². The number of rotatable bonds is 5. The highest BCUT2D eigenvalue weighted by atomic mass is 16.3. The number of aromatic hydroxyl groups is 1. The predicted octanol–water partition coefficient (Wildman–Crippen LogP) is 3.59. The molecular weight excluding hydrogens is 236 g/mol. The summed E-state index contributed by atoms with van der Waals surface area (Å²) in [6.07, 6.45) is 4.63. The van der Waals surface area contributed by atoms with Gasteiger partial charge >= 0.3 is 0 Å². The first-order valence-corrected chi connectivity index (χ1v) is 6.65. The van der Waals surface area contributed by atoms with Gasteiger partial charge in [-0.05, 0) is 48.7 Å². The van der Waals surface area contributed by atoms with E-state index < -0.39 is 0 Å². The second kappa shape index (κ2) is 6.34. The molecule has 0 aliphatic rings. The first kappa shape index (κ1) is 13.6. The van der Waals surface area contributed by atoms with Crippen molar-refractivity contribution in [2.24, 2.45) is 0 Å². The van der Waals surface area contributed by atoms with Gasteiger partial charge in [0.1, 0.15) is 5.75 Å². The number of benzene rings is 1. The van der Waals surface area contributed by atoms with Crippen LogP contribution in [0.5, 0.6) is 5.75 Å². The zero-order valence-electron chi connectivity index (χ0n) is 11.4. The highest BCUT2D eigenvalue weighted by Crippen LogP contribution is 2.23. The van der Waals surface area contributed by atoms with Crippen molar-refractivity contribution in [3.63, 3.8) is 0 Å². The van der Waals surface area contributed by atoms with E-state index in [1.165, 1.54) is 11.1 Å². The molecule has 2 rings (SSSR count). The molecule has 3 heteroatoms. The Balaban J connectivity index is 2.09. The highest BCUT2D eigenvalue weighted by Gasteiger charge is 2.13. The van der Waals surface area contributed by atoms with Gasteiger partial charge in [0, 0.05) is 24.5 Å². The minimum atomic E-state index is 0.266. The highest BCUT2D eigenvalue weighted by molar-refractivity contribution is 5.28. The van der Waals surface area contributed by atoms with E-state index in [1.807, 2.05) is 36.7 Å². The van der Waals surface area contributed by atoms with Crippen molar-refractivity contribution in [3.8, 4) is 5.75 Å². The molecule has 2 aromatic rings. The third-order valence-electron chi connectivity index (χ3n) is 3.36. The van der Waals surface area contributed by atoms with Gasteiger partial charge in [0.15, 0.2) is 0 Å². The average Bonchev–Trinajstić information content (AvgIpc) is 2.46. The summed E-state index contributed by atoms with van der Waals surface area (Å²) in [4.78, 5) is 4.04. The van der Waals surface area contributed by atoms with Gasteiger partial charge in [-0.15, -0.1) is 0 Å². The molecule has 0 fully saturated rings. The van der Waals surface area contributed by atoms with Crippen molar-refractivity contribution < 1.29 is 5.11 Å². The quantitative estimate of drug-likeness (QED) is 0.859. The fourth-order valence-corrected chi connectivity index (χ4v) is 2.21. The van der Waals surface area contributed by atoms with Crippen LogP contribution < -0.4 is 5.32 Å². The van der Waals surface area contributed by atoms with Crippen LogP contribution in [0.15, 0.2) is 48.8 Å². The fourth-order valence-electron chi connectivity index (χ4n) is 2.21. The molecule has 0 radical (unpaired) electrons. The number of hydrogen-bond donors (Lipinski definition) is 2. The minimum absolute atomic E-state index is 0.266. The molecule has 100 valence electrons. The van der Waals surface area contributed by atoms with Gasteiger partial charge in [0.25, 0.3) is 0 Å². The van der Waals surface area contributed by atoms with Crippen LogP contribution in [0.1, 0.15) is 43.5 Å². The Kier molecular flexibility index (Phi) is 4.53. The second-order valence-corrected chi connectivity index (χ2v) is 4.72. The number of nitrogens with zero attached hydrogens (tertiary/aromatic N) is 1. The molecule has 2 unspecified atom stereocenters. The van der Waals surface area contributed by atoms with Crippen molar-refractivity contribution in [1.29, 1.82) is 0 Å². The summed E-state index contributed by atoms with van der Waals surface area (Å²) in [5.41, 5.74) is 2.42. The van der Waals surface area contributed by atoms with E-state index in [1.54, 1.807) is 12.1 Å². The van der Waals surface area contributed by atoms with Crippen molar-refractivity contribution in [3.05, 3.63) is 59.9 Å². The molecule has 2 N–H and O–H groups in total. The summed E-state index contributed by atoms with van der Waals surface area (Å²) in [5, 5.41) is 13.0. The fraction of sp³-hybridized carbons (Fsp3) is 0.312. The smallest absolute Gasteiger partial charge is 0.115 e. The number of phenols is 1. The second-order valence-electron chi connectivity index (χ2n) is 4.72. The maximum absolute atomic E-state index is 9.34. The van der Waals surface area contributed by atoms with Crippen LogP contribution in [0, 0.1) is 0 Å². The summed E-state index contributed by atoms with van der Waals surface area (Å²) < 4.78 is 0. The standard InChI is InChI=1S/C16H20N2O/c1-3-16(14-4-6-15(19)7-5-14)18-12(2)13-8-10-17-11-9-13/h4-12,16,18-19H,3H2,1-2H3. The average molecular weight is 256 g/mol. The maximum Gasteiger partial charge on any atom is 0.115 e. The van der Waals surface area contributed by atoms with Crippen LogP contribution >= 0.6 is 0 Å². The van der Waals surface area contributed by atoms with Gasteiger partial charge in [-0.1, -0.05) is 19.1 Å². The molecule has 1 aromatic carbocycles. The van der Waals surface area contributed by atoms with Gasteiger partial charge in [-0.2, -0.15) is 0 Å². The maximum atomic E-state index is 9.34. The van der Waals surface area contributed by atoms with Crippen molar-refractivity contribution >= 4 is 0 Å². The van der Waals surface area contributed by atoms with E-state index in [0.29, 0.717) is 5.75 Å². The molecule has 0 amide bonds. The Morgan fingerprint density at radius 3 is 2.26 bits per heavy atom. The molecule has 0 spiro atoms. The van der Waals surface area contributed by atoms with Gasteiger partial charge in [-0.3, -0.25) is 4.98 Å². The molecule has 1 heterocycles. The Labute approximate surface area is 114 Å². The van der Waals surface area contributed by atoms with E-state index >= 15 is 0 Å². The summed E-state index contributed by atoms with van der Waals surface area (Å²) >= 11 is 0. The molecule has 2 atom stereocenters. The third-order valence-corrected chi connectivity index (χ3v) is 3.36. The summed E-state index contributed by atoms with van der Waals surface area (Å²) in [5.74, 6) is 0.306. The third kappa shape index (κ3) is 3.55. The largest absolute Gasteiger partial charge is 0.508 e. The SMILES string of the molecule is CCC(NC(C)c1ccncc1)c1ccc(O)cc1. The molecule has 0 aliphatic heterocycles. The molecule has 3 nitrogen and oxygen atoms in total. The van der Waals surface area contributed by atoms with E-state index in [2.05, 4.69) is 24.1 Å². The monoisotopic (exact) mass is 256 g/mol. The Morgan fingerprint density at radius 2 is 1.68 bits per heavy atom. The van der Waals surface area contributed by atoms with Crippen LogP contribution in [0.4, 0.5) is 0 Å². The van der Waals surface area contributed by atoms with Crippen LogP contribution in [0.2, 0.25) is 0 Å². The Bertz CT molecular complexity index is 496. The first-order valence-electron chi connectivity index (χ1n) is 6.65. The zero-order chi connectivity index (χ0) is 13.7.